The number of nitrogens with zero attached hydrogens (tertiary/aromatic N) is 2. The topological polar surface area (TPSA) is 60.2 Å². The van der Waals surface area contributed by atoms with Crippen LogP contribution >= 0.6 is 11.8 Å². The normalized spacial score (nSPS) is 21.6. The summed E-state index contributed by atoms with van der Waals surface area (Å²) in [5.74, 6) is 4.76. The summed E-state index contributed by atoms with van der Waals surface area (Å²) in [4.78, 5) is 4.57. The number of benzene rings is 1. The molecule has 0 radical (unpaired) electrons. The smallest absolute Gasteiger partial charge is 0.232 e. The van der Waals surface area contributed by atoms with Crippen LogP contribution in [0, 0.1) is 0 Å². The lowest BCUT2D eigenvalue weighted by Crippen LogP contribution is -2.31. The van der Waals surface area contributed by atoms with Gasteiger partial charge in [-0.3, -0.25) is 0 Å². The third-order valence-electron chi connectivity index (χ3n) is 3.75. The van der Waals surface area contributed by atoms with Crippen molar-refractivity contribution >= 4 is 11.8 Å². The van der Waals surface area contributed by atoms with Crippen molar-refractivity contribution in [2.45, 2.75) is 18.4 Å². The molecule has 2 aromatic rings. The molecule has 1 aromatic heterocycles. The van der Waals surface area contributed by atoms with Gasteiger partial charge in [-0.05, 0) is 24.7 Å². The molecule has 0 amide bonds. The summed E-state index contributed by atoms with van der Waals surface area (Å²) >= 11 is 1.92. The highest BCUT2D eigenvalue weighted by molar-refractivity contribution is 7.99. The third-order valence-corrected chi connectivity index (χ3v) is 4.94. The van der Waals surface area contributed by atoms with Crippen molar-refractivity contribution in [1.29, 1.82) is 0 Å². The van der Waals surface area contributed by atoms with E-state index >= 15 is 0 Å². The van der Waals surface area contributed by atoms with Crippen LogP contribution in [0.4, 0.5) is 0 Å². The first-order valence-electron chi connectivity index (χ1n) is 7.00. The average molecular weight is 305 g/mol. The van der Waals surface area contributed by atoms with Crippen molar-refractivity contribution in [2.24, 2.45) is 0 Å². The Balaban J connectivity index is 1.72. The molecular weight excluding hydrogens is 286 g/mol. The van der Waals surface area contributed by atoms with Gasteiger partial charge in [0.2, 0.25) is 5.89 Å². The molecule has 0 aliphatic carbocycles. The lowest BCUT2D eigenvalue weighted by atomic mass is 10.0. The second kappa shape index (κ2) is 6.49. The number of aromatic nitrogens is 2. The molecule has 1 aliphatic rings. The predicted octanol–water partition coefficient (Wildman–Crippen LogP) is 2.09. The molecule has 3 rings (SSSR count). The van der Waals surface area contributed by atoms with Gasteiger partial charge in [0.05, 0.1) is 13.0 Å². The Morgan fingerprint density at radius 2 is 2.33 bits per heavy atom. The Morgan fingerprint density at radius 1 is 1.43 bits per heavy atom. The monoisotopic (exact) mass is 305 g/mol. The number of hydrogen-bond acceptors (Lipinski definition) is 6. The van der Waals surface area contributed by atoms with E-state index in [9.17, 15) is 0 Å². The fraction of sp³-hybridized carbons (Fsp3) is 0.467. The molecule has 21 heavy (non-hydrogen) atoms. The lowest BCUT2D eigenvalue weighted by molar-refractivity contribution is 0.340. The fourth-order valence-electron chi connectivity index (χ4n) is 2.54. The fourth-order valence-corrected chi connectivity index (χ4v) is 3.95. The number of hydrogen-bond donors (Lipinski definition) is 1. The van der Waals surface area contributed by atoms with Crippen LogP contribution in [0.1, 0.15) is 23.2 Å². The molecule has 1 aliphatic heterocycles. The summed E-state index contributed by atoms with van der Waals surface area (Å²) < 4.78 is 10.7. The minimum Gasteiger partial charge on any atom is -0.497 e. The predicted molar refractivity (Wildman–Crippen MR) is 83.0 cm³/mol. The van der Waals surface area contributed by atoms with Crippen molar-refractivity contribution < 1.29 is 9.26 Å². The summed E-state index contributed by atoms with van der Waals surface area (Å²) in [6.45, 7) is 0. The molecule has 0 spiro atoms. The van der Waals surface area contributed by atoms with Gasteiger partial charge in [0, 0.05) is 24.0 Å². The molecule has 2 heterocycles. The van der Waals surface area contributed by atoms with Crippen molar-refractivity contribution in [3.63, 3.8) is 0 Å². The maximum atomic E-state index is 5.46. The van der Waals surface area contributed by atoms with E-state index in [-0.39, 0.29) is 0 Å². The zero-order valence-electron chi connectivity index (χ0n) is 12.2. The minimum atomic E-state index is 0.312. The standard InChI is InChI=1S/C15H19N3O2S/c1-16-13-9-21-8-12(13)15-17-14(18-20-15)7-10-4-3-5-11(6-10)19-2/h3-6,12-13,16H,7-9H2,1-2H3. The summed E-state index contributed by atoms with van der Waals surface area (Å²) in [7, 11) is 3.65. The van der Waals surface area contributed by atoms with Gasteiger partial charge >= 0.3 is 0 Å². The van der Waals surface area contributed by atoms with Crippen LogP contribution in [-0.2, 0) is 6.42 Å². The number of likely N-dealkylation sites (N-methyl/N-ethyl adjacent to an activating group) is 1. The molecule has 1 aromatic carbocycles. The number of thioether (sulfide) groups is 1. The van der Waals surface area contributed by atoms with E-state index in [1.54, 1.807) is 7.11 Å². The van der Waals surface area contributed by atoms with Gasteiger partial charge in [0.25, 0.3) is 0 Å². The molecule has 1 saturated heterocycles. The first kappa shape index (κ1) is 14.4. The van der Waals surface area contributed by atoms with Gasteiger partial charge in [-0.1, -0.05) is 17.3 Å². The molecule has 2 unspecified atom stereocenters. The second-order valence-corrected chi connectivity index (χ2v) is 6.19. The van der Waals surface area contributed by atoms with Crippen LogP contribution < -0.4 is 10.1 Å². The van der Waals surface area contributed by atoms with Gasteiger partial charge < -0.3 is 14.6 Å². The summed E-state index contributed by atoms with van der Waals surface area (Å²) in [6, 6.07) is 8.36. The van der Waals surface area contributed by atoms with Crippen molar-refractivity contribution in [3.8, 4) is 5.75 Å². The molecule has 1 fully saturated rings. The Morgan fingerprint density at radius 3 is 3.14 bits per heavy atom. The average Bonchev–Trinajstić information content (AvgIpc) is 3.15. The van der Waals surface area contributed by atoms with E-state index in [4.69, 9.17) is 9.26 Å². The van der Waals surface area contributed by atoms with Crippen LogP contribution in [0.25, 0.3) is 0 Å². The quantitative estimate of drug-likeness (QED) is 0.913. The molecule has 6 heteroatoms. The van der Waals surface area contributed by atoms with Crippen LogP contribution in [0.3, 0.4) is 0 Å². The highest BCUT2D eigenvalue weighted by Gasteiger charge is 2.32. The van der Waals surface area contributed by atoms with Crippen molar-refractivity contribution in [3.05, 3.63) is 41.5 Å². The van der Waals surface area contributed by atoms with E-state index in [2.05, 4.69) is 15.5 Å². The molecule has 1 N–H and O–H groups in total. The Bertz CT molecular complexity index is 602. The summed E-state index contributed by atoms with van der Waals surface area (Å²) in [5, 5.41) is 7.44. The zero-order valence-corrected chi connectivity index (χ0v) is 13.0. The molecular formula is C15H19N3O2S. The molecule has 112 valence electrons. The first-order chi connectivity index (χ1) is 10.3. The largest absolute Gasteiger partial charge is 0.497 e. The third kappa shape index (κ3) is 3.22. The van der Waals surface area contributed by atoms with E-state index in [0.717, 1.165) is 34.5 Å². The Hall–Kier alpha value is -1.53. The zero-order chi connectivity index (χ0) is 14.7. The maximum absolute atomic E-state index is 5.46. The minimum absolute atomic E-state index is 0.312. The van der Waals surface area contributed by atoms with E-state index in [0.29, 0.717) is 18.4 Å². The van der Waals surface area contributed by atoms with Gasteiger partial charge in [-0.2, -0.15) is 16.7 Å². The van der Waals surface area contributed by atoms with Crippen molar-refractivity contribution in [1.82, 2.24) is 15.5 Å². The van der Waals surface area contributed by atoms with Crippen LogP contribution in [0.15, 0.2) is 28.8 Å². The van der Waals surface area contributed by atoms with E-state index < -0.39 is 0 Å². The van der Waals surface area contributed by atoms with Gasteiger partial charge in [-0.25, -0.2) is 0 Å². The van der Waals surface area contributed by atoms with Gasteiger partial charge in [0.1, 0.15) is 5.75 Å². The highest BCUT2D eigenvalue weighted by Crippen LogP contribution is 2.31. The van der Waals surface area contributed by atoms with Gasteiger partial charge in [0.15, 0.2) is 5.82 Å². The first-order valence-corrected chi connectivity index (χ1v) is 8.16. The van der Waals surface area contributed by atoms with E-state index in [1.165, 1.54) is 0 Å². The van der Waals surface area contributed by atoms with Crippen LogP contribution in [0.5, 0.6) is 5.75 Å². The van der Waals surface area contributed by atoms with Gasteiger partial charge in [-0.15, -0.1) is 0 Å². The summed E-state index contributed by atoms with van der Waals surface area (Å²) in [6.07, 6.45) is 0.658. The summed E-state index contributed by atoms with van der Waals surface area (Å²) in [5.41, 5.74) is 1.12. The van der Waals surface area contributed by atoms with Crippen molar-refractivity contribution in [2.75, 3.05) is 25.7 Å². The Labute approximate surface area is 128 Å². The van der Waals surface area contributed by atoms with Crippen LogP contribution in [-0.4, -0.2) is 41.8 Å². The number of nitrogens with one attached hydrogen (secondary N) is 1. The molecule has 0 saturated carbocycles. The Kier molecular flexibility index (Phi) is 4.45. The number of ether oxygens (including phenoxy) is 1. The lowest BCUT2D eigenvalue weighted by Gasteiger charge is -2.13. The number of rotatable bonds is 5. The van der Waals surface area contributed by atoms with Crippen LogP contribution in [0.2, 0.25) is 0 Å². The molecule has 2 atom stereocenters. The van der Waals surface area contributed by atoms with E-state index in [1.807, 2.05) is 43.1 Å². The number of methoxy groups -OCH3 is 1. The SMILES string of the molecule is CNC1CSCC1c1nc(Cc2cccc(OC)c2)no1. The highest BCUT2D eigenvalue weighted by atomic mass is 32.2. The molecule has 5 nitrogen and oxygen atoms in total. The maximum Gasteiger partial charge on any atom is 0.232 e. The molecule has 0 bridgehead atoms. The second-order valence-electron chi connectivity index (χ2n) is 5.12.